The first-order valence-electron chi connectivity index (χ1n) is 4.80. The third kappa shape index (κ3) is 3.15. The number of aromatic nitrogens is 2. The van der Waals surface area contributed by atoms with Crippen molar-refractivity contribution in [3.63, 3.8) is 0 Å². The van der Waals surface area contributed by atoms with Gasteiger partial charge in [0.25, 0.3) is 0 Å². The summed E-state index contributed by atoms with van der Waals surface area (Å²) in [6, 6.07) is 5.55. The molecule has 0 spiro atoms. The van der Waals surface area contributed by atoms with E-state index in [1.165, 1.54) is 6.33 Å². The van der Waals surface area contributed by atoms with Gasteiger partial charge in [-0.2, -0.15) is 0 Å². The molecule has 94 valence electrons. The molecule has 0 N–H and O–H groups in total. The molecule has 0 aliphatic heterocycles. The van der Waals surface area contributed by atoms with Crippen LogP contribution in [-0.4, -0.2) is 9.97 Å². The second kappa shape index (κ2) is 6.19. The predicted molar refractivity (Wildman–Crippen MR) is 78.5 cm³/mol. The molecule has 1 aromatic carbocycles. The van der Waals surface area contributed by atoms with E-state index in [2.05, 4.69) is 41.8 Å². The molecule has 7 heteroatoms. The first-order valence-corrected chi connectivity index (χ1v) is 7.30. The zero-order valence-electron chi connectivity index (χ0n) is 8.83. The summed E-state index contributed by atoms with van der Waals surface area (Å²) in [5.41, 5.74) is 0.565. The summed E-state index contributed by atoms with van der Waals surface area (Å²) in [7, 11) is 0. The van der Waals surface area contributed by atoms with Gasteiger partial charge in [-0.25, -0.2) is 9.97 Å². The quantitative estimate of drug-likeness (QED) is 0.514. The lowest BCUT2D eigenvalue weighted by Crippen LogP contribution is -1.96. The van der Waals surface area contributed by atoms with Gasteiger partial charge in [-0.1, -0.05) is 27.5 Å². The monoisotopic (exact) mass is 410 g/mol. The van der Waals surface area contributed by atoms with Crippen molar-refractivity contribution in [3.8, 4) is 11.6 Å². The molecule has 2 aromatic rings. The molecule has 2 rings (SSSR count). The first-order chi connectivity index (χ1) is 8.61. The summed E-state index contributed by atoms with van der Waals surface area (Å²) in [6.07, 6.45) is 1.33. The van der Waals surface area contributed by atoms with Gasteiger partial charge in [-0.15, -0.1) is 11.6 Å². The first kappa shape index (κ1) is 14.1. The summed E-state index contributed by atoms with van der Waals surface area (Å²) >= 11 is 18.5. The molecule has 0 radical (unpaired) electrons. The van der Waals surface area contributed by atoms with E-state index in [1.807, 2.05) is 18.2 Å². The molecule has 0 aliphatic rings. The van der Waals surface area contributed by atoms with Gasteiger partial charge in [-0.05, 0) is 34.1 Å². The molecular weight excluding hydrogens is 407 g/mol. The normalized spacial score (nSPS) is 10.4. The SMILES string of the molecule is ClCc1c(Cl)ncnc1Oc1ccc(Br)cc1Br. The van der Waals surface area contributed by atoms with Gasteiger partial charge in [0.05, 0.1) is 15.9 Å². The van der Waals surface area contributed by atoms with Crippen LogP contribution in [0.5, 0.6) is 11.6 Å². The summed E-state index contributed by atoms with van der Waals surface area (Å²) in [6.45, 7) is 0. The number of nitrogens with zero attached hydrogens (tertiary/aromatic N) is 2. The Kier molecular flexibility index (Phi) is 4.84. The Morgan fingerprint density at radius 1 is 1.22 bits per heavy atom. The van der Waals surface area contributed by atoms with Crippen LogP contribution in [0.1, 0.15) is 5.56 Å². The van der Waals surface area contributed by atoms with Gasteiger partial charge in [0.15, 0.2) is 0 Å². The van der Waals surface area contributed by atoms with E-state index in [9.17, 15) is 0 Å². The second-order valence-corrected chi connectivity index (χ2v) is 5.65. The third-order valence-corrected chi connectivity index (χ3v) is 3.79. The van der Waals surface area contributed by atoms with Gasteiger partial charge in [0.1, 0.15) is 17.2 Å². The van der Waals surface area contributed by atoms with E-state index >= 15 is 0 Å². The van der Waals surface area contributed by atoms with Crippen LogP contribution in [0, 0.1) is 0 Å². The van der Waals surface area contributed by atoms with Crippen LogP contribution in [0.2, 0.25) is 5.15 Å². The van der Waals surface area contributed by atoms with Gasteiger partial charge in [0.2, 0.25) is 5.88 Å². The number of halogens is 4. The van der Waals surface area contributed by atoms with Gasteiger partial charge >= 0.3 is 0 Å². The molecular formula is C11H6Br2Cl2N2O. The average molecular weight is 413 g/mol. The standard InChI is InChI=1S/C11H6Br2Cl2N2O/c12-6-1-2-9(8(13)3-6)18-11-7(4-14)10(15)16-5-17-11/h1-3,5H,4H2. The smallest absolute Gasteiger partial charge is 0.228 e. The van der Waals surface area contributed by atoms with Crippen molar-refractivity contribution in [2.75, 3.05) is 0 Å². The van der Waals surface area contributed by atoms with Crippen LogP contribution in [0.4, 0.5) is 0 Å². The van der Waals surface area contributed by atoms with E-state index < -0.39 is 0 Å². The molecule has 18 heavy (non-hydrogen) atoms. The van der Waals surface area contributed by atoms with E-state index in [-0.39, 0.29) is 5.88 Å². The van der Waals surface area contributed by atoms with Crippen molar-refractivity contribution in [1.82, 2.24) is 9.97 Å². The highest BCUT2D eigenvalue weighted by Gasteiger charge is 2.12. The Morgan fingerprint density at radius 2 is 2.00 bits per heavy atom. The van der Waals surface area contributed by atoms with Gasteiger partial charge in [0, 0.05) is 4.47 Å². The molecule has 3 nitrogen and oxygen atoms in total. The fourth-order valence-electron chi connectivity index (χ4n) is 1.24. The maximum Gasteiger partial charge on any atom is 0.228 e. The highest BCUT2D eigenvalue weighted by molar-refractivity contribution is 9.11. The zero-order chi connectivity index (χ0) is 13.1. The maximum atomic E-state index is 5.93. The van der Waals surface area contributed by atoms with Crippen molar-refractivity contribution < 1.29 is 4.74 Å². The lowest BCUT2D eigenvalue weighted by Gasteiger charge is -2.10. The van der Waals surface area contributed by atoms with Crippen molar-refractivity contribution in [3.05, 3.63) is 44.2 Å². The molecule has 0 unspecified atom stereocenters. The fraction of sp³-hybridized carbons (Fsp3) is 0.0909. The van der Waals surface area contributed by atoms with Crippen molar-refractivity contribution in [1.29, 1.82) is 0 Å². The molecule has 0 saturated carbocycles. The zero-order valence-corrected chi connectivity index (χ0v) is 13.5. The summed E-state index contributed by atoms with van der Waals surface area (Å²) in [5.74, 6) is 1.16. The summed E-state index contributed by atoms with van der Waals surface area (Å²) in [5, 5.41) is 0.295. The van der Waals surface area contributed by atoms with Gasteiger partial charge in [-0.3, -0.25) is 0 Å². The van der Waals surface area contributed by atoms with Crippen LogP contribution in [-0.2, 0) is 5.88 Å². The number of ether oxygens (including phenoxy) is 1. The molecule has 0 aliphatic carbocycles. The van der Waals surface area contributed by atoms with E-state index in [1.54, 1.807) is 0 Å². The Balaban J connectivity index is 2.37. The number of benzene rings is 1. The van der Waals surface area contributed by atoms with Crippen LogP contribution in [0.25, 0.3) is 0 Å². The molecule has 0 atom stereocenters. The molecule has 0 saturated heterocycles. The van der Waals surface area contributed by atoms with E-state index in [4.69, 9.17) is 27.9 Å². The lowest BCUT2D eigenvalue weighted by molar-refractivity contribution is 0.454. The largest absolute Gasteiger partial charge is 0.437 e. The highest BCUT2D eigenvalue weighted by atomic mass is 79.9. The van der Waals surface area contributed by atoms with Crippen molar-refractivity contribution in [2.45, 2.75) is 5.88 Å². The van der Waals surface area contributed by atoms with Crippen molar-refractivity contribution in [2.24, 2.45) is 0 Å². The molecule has 0 fully saturated rings. The number of hydrogen-bond donors (Lipinski definition) is 0. The molecule has 0 bridgehead atoms. The van der Waals surface area contributed by atoms with Crippen LogP contribution < -0.4 is 4.74 Å². The Hall–Kier alpha value is -0.360. The van der Waals surface area contributed by atoms with Crippen LogP contribution in [0.3, 0.4) is 0 Å². The number of hydrogen-bond acceptors (Lipinski definition) is 3. The van der Waals surface area contributed by atoms with Crippen LogP contribution in [0.15, 0.2) is 33.5 Å². The number of rotatable bonds is 3. The minimum Gasteiger partial charge on any atom is -0.437 e. The number of alkyl halides is 1. The minimum absolute atomic E-state index is 0.184. The minimum atomic E-state index is 0.184. The van der Waals surface area contributed by atoms with E-state index in [0.29, 0.717) is 22.3 Å². The van der Waals surface area contributed by atoms with Gasteiger partial charge < -0.3 is 4.74 Å². The fourth-order valence-corrected chi connectivity index (χ4v) is 2.87. The molecule has 0 amide bonds. The van der Waals surface area contributed by atoms with Crippen molar-refractivity contribution >= 4 is 55.1 Å². The topological polar surface area (TPSA) is 35.0 Å². The Bertz CT molecular complexity index is 581. The lowest BCUT2D eigenvalue weighted by atomic mass is 10.3. The average Bonchev–Trinajstić information content (AvgIpc) is 2.33. The highest BCUT2D eigenvalue weighted by Crippen LogP contribution is 2.34. The predicted octanol–water partition coefficient (Wildman–Crippen LogP) is 5.19. The molecule has 1 heterocycles. The maximum absolute atomic E-state index is 5.93. The summed E-state index contributed by atoms with van der Waals surface area (Å²) < 4.78 is 7.42. The van der Waals surface area contributed by atoms with E-state index in [0.717, 1.165) is 8.95 Å². The Morgan fingerprint density at radius 3 is 2.67 bits per heavy atom. The second-order valence-electron chi connectivity index (χ2n) is 3.26. The summed E-state index contributed by atoms with van der Waals surface area (Å²) in [4.78, 5) is 7.89. The molecule has 1 aromatic heterocycles. The Labute approximate surface area is 131 Å². The van der Waals surface area contributed by atoms with Crippen LogP contribution >= 0.6 is 55.1 Å². The third-order valence-electron chi connectivity index (χ3n) is 2.09.